The molecule has 2 rings (SSSR count). The smallest absolute Gasteiger partial charge is 0.164 e. The lowest BCUT2D eigenvalue weighted by atomic mass is 9.92. The molecule has 1 aromatic heterocycles. The predicted octanol–water partition coefficient (Wildman–Crippen LogP) is 3.46. The first-order valence-electron chi connectivity index (χ1n) is 6.64. The number of aromatic nitrogens is 2. The van der Waals surface area contributed by atoms with Crippen LogP contribution in [0.1, 0.15) is 25.3 Å². The summed E-state index contributed by atoms with van der Waals surface area (Å²) < 4.78 is 12.5. The molecule has 1 heterocycles. The molecule has 1 aromatic carbocycles. The van der Waals surface area contributed by atoms with Gasteiger partial charge in [-0.2, -0.15) is 5.10 Å². The lowest BCUT2D eigenvalue weighted by molar-refractivity contribution is 0.350. The summed E-state index contributed by atoms with van der Waals surface area (Å²) in [4.78, 5) is 0. The van der Waals surface area contributed by atoms with E-state index in [1.807, 2.05) is 0 Å². The number of rotatable bonds is 4. The summed E-state index contributed by atoms with van der Waals surface area (Å²) in [6.45, 7) is 4.15. The summed E-state index contributed by atoms with van der Waals surface area (Å²) in [5.41, 5.74) is 8.70. The van der Waals surface area contributed by atoms with Crippen LogP contribution in [0.5, 0.6) is 11.5 Å². The molecule has 0 saturated carbocycles. The average molecular weight is 310 g/mol. The minimum atomic E-state index is 0.183. The van der Waals surface area contributed by atoms with Crippen LogP contribution in [0, 0.1) is 0 Å². The van der Waals surface area contributed by atoms with Crippen LogP contribution in [-0.4, -0.2) is 24.0 Å². The van der Waals surface area contributed by atoms with E-state index in [0.29, 0.717) is 22.3 Å². The molecule has 0 aliphatic carbocycles. The maximum atomic E-state index is 6.47. The Morgan fingerprint density at radius 2 is 1.95 bits per heavy atom. The van der Waals surface area contributed by atoms with E-state index in [0.717, 1.165) is 16.7 Å². The second-order valence-electron chi connectivity index (χ2n) is 5.10. The highest BCUT2D eigenvalue weighted by Crippen LogP contribution is 2.47. The van der Waals surface area contributed by atoms with Gasteiger partial charge in [0.05, 0.1) is 25.4 Å². The standard InChI is InChI=1S/C15H20ClN3O2/c1-8(2)12-13(9-7-18-19(3)15(9)17)10(16)6-11(20-4)14(12)21-5/h6-8H,17H2,1-5H3. The fourth-order valence-corrected chi connectivity index (χ4v) is 2.76. The molecule has 0 radical (unpaired) electrons. The minimum absolute atomic E-state index is 0.183. The number of hydrogen-bond acceptors (Lipinski definition) is 4. The van der Waals surface area contributed by atoms with Gasteiger partial charge in [-0.25, -0.2) is 0 Å². The van der Waals surface area contributed by atoms with Gasteiger partial charge in [0.2, 0.25) is 0 Å². The summed E-state index contributed by atoms with van der Waals surface area (Å²) in [6, 6.07) is 1.74. The van der Waals surface area contributed by atoms with Gasteiger partial charge in [0.1, 0.15) is 5.82 Å². The first kappa shape index (κ1) is 15.5. The third kappa shape index (κ3) is 2.53. The van der Waals surface area contributed by atoms with Crippen molar-refractivity contribution in [1.29, 1.82) is 0 Å². The third-order valence-electron chi connectivity index (χ3n) is 3.49. The topological polar surface area (TPSA) is 62.3 Å². The molecule has 114 valence electrons. The van der Waals surface area contributed by atoms with Crippen molar-refractivity contribution in [3.05, 3.63) is 22.8 Å². The van der Waals surface area contributed by atoms with Gasteiger partial charge in [-0.05, 0) is 5.92 Å². The van der Waals surface area contributed by atoms with E-state index in [-0.39, 0.29) is 5.92 Å². The van der Waals surface area contributed by atoms with Gasteiger partial charge >= 0.3 is 0 Å². The Hall–Kier alpha value is -1.88. The fraction of sp³-hybridized carbons (Fsp3) is 0.400. The second-order valence-corrected chi connectivity index (χ2v) is 5.51. The Labute approximate surface area is 129 Å². The normalized spacial score (nSPS) is 11.0. The van der Waals surface area contributed by atoms with Crippen molar-refractivity contribution in [2.45, 2.75) is 19.8 Å². The zero-order chi connectivity index (χ0) is 15.7. The molecule has 0 fully saturated rings. The monoisotopic (exact) mass is 309 g/mol. The number of benzene rings is 1. The molecule has 0 amide bonds. The van der Waals surface area contributed by atoms with E-state index < -0.39 is 0 Å². The van der Waals surface area contributed by atoms with E-state index in [1.165, 1.54) is 0 Å². The van der Waals surface area contributed by atoms with Crippen LogP contribution in [0.25, 0.3) is 11.1 Å². The first-order valence-corrected chi connectivity index (χ1v) is 7.02. The highest BCUT2D eigenvalue weighted by molar-refractivity contribution is 6.34. The molecule has 6 heteroatoms. The number of halogens is 1. The Kier molecular flexibility index (Phi) is 4.32. The molecular formula is C15H20ClN3O2. The number of methoxy groups -OCH3 is 2. The number of ether oxygens (including phenoxy) is 2. The summed E-state index contributed by atoms with van der Waals surface area (Å²) in [5, 5.41) is 4.76. The van der Waals surface area contributed by atoms with Gasteiger partial charge in [-0.15, -0.1) is 0 Å². The summed E-state index contributed by atoms with van der Waals surface area (Å²) >= 11 is 6.47. The largest absolute Gasteiger partial charge is 0.493 e. The van der Waals surface area contributed by atoms with E-state index in [1.54, 1.807) is 38.2 Å². The molecule has 0 spiro atoms. The minimum Gasteiger partial charge on any atom is -0.493 e. The summed E-state index contributed by atoms with van der Waals surface area (Å²) in [5.74, 6) is 2.03. The van der Waals surface area contributed by atoms with Gasteiger partial charge in [-0.1, -0.05) is 25.4 Å². The molecule has 0 saturated heterocycles. The van der Waals surface area contributed by atoms with Crippen molar-refractivity contribution in [3.63, 3.8) is 0 Å². The molecule has 0 atom stereocenters. The van der Waals surface area contributed by atoms with Crippen LogP contribution in [0.3, 0.4) is 0 Å². The van der Waals surface area contributed by atoms with E-state index >= 15 is 0 Å². The Morgan fingerprint density at radius 1 is 1.29 bits per heavy atom. The Morgan fingerprint density at radius 3 is 2.38 bits per heavy atom. The van der Waals surface area contributed by atoms with E-state index in [2.05, 4.69) is 18.9 Å². The van der Waals surface area contributed by atoms with Crippen LogP contribution in [-0.2, 0) is 7.05 Å². The lowest BCUT2D eigenvalue weighted by Gasteiger charge is -2.20. The number of anilines is 1. The summed E-state index contributed by atoms with van der Waals surface area (Å²) in [7, 11) is 5.01. The third-order valence-corrected chi connectivity index (χ3v) is 3.79. The molecule has 21 heavy (non-hydrogen) atoms. The van der Waals surface area contributed by atoms with Gasteiger partial charge in [-0.3, -0.25) is 4.68 Å². The number of aryl methyl sites for hydroxylation is 1. The van der Waals surface area contributed by atoms with Crippen molar-refractivity contribution in [2.24, 2.45) is 7.05 Å². The maximum absolute atomic E-state index is 6.47. The van der Waals surface area contributed by atoms with Gasteiger partial charge in [0.25, 0.3) is 0 Å². The zero-order valence-electron chi connectivity index (χ0n) is 12.9. The van der Waals surface area contributed by atoms with Crippen molar-refractivity contribution in [1.82, 2.24) is 9.78 Å². The number of nitrogens with two attached hydrogens (primary N) is 1. The number of nitrogens with zero attached hydrogens (tertiary/aromatic N) is 2. The molecule has 2 aromatic rings. The van der Waals surface area contributed by atoms with Crippen molar-refractivity contribution in [3.8, 4) is 22.6 Å². The van der Waals surface area contributed by atoms with Crippen LogP contribution in [0.4, 0.5) is 5.82 Å². The highest BCUT2D eigenvalue weighted by atomic mass is 35.5. The second kappa shape index (κ2) is 5.85. The lowest BCUT2D eigenvalue weighted by Crippen LogP contribution is -2.03. The first-order chi connectivity index (χ1) is 9.92. The maximum Gasteiger partial charge on any atom is 0.164 e. The zero-order valence-corrected chi connectivity index (χ0v) is 13.7. The number of hydrogen-bond donors (Lipinski definition) is 1. The predicted molar refractivity (Wildman–Crippen MR) is 85.3 cm³/mol. The molecule has 0 aliphatic rings. The Balaban J connectivity index is 2.85. The molecule has 0 bridgehead atoms. The van der Waals surface area contributed by atoms with Gasteiger partial charge in [0.15, 0.2) is 11.5 Å². The molecule has 0 aliphatic heterocycles. The van der Waals surface area contributed by atoms with Crippen LogP contribution < -0.4 is 15.2 Å². The van der Waals surface area contributed by atoms with Gasteiger partial charge < -0.3 is 15.2 Å². The summed E-state index contributed by atoms with van der Waals surface area (Å²) in [6.07, 6.45) is 1.72. The fourth-order valence-electron chi connectivity index (χ4n) is 2.45. The van der Waals surface area contributed by atoms with Gasteiger partial charge in [0, 0.05) is 29.8 Å². The van der Waals surface area contributed by atoms with Crippen molar-refractivity contribution >= 4 is 17.4 Å². The molecule has 0 unspecified atom stereocenters. The average Bonchev–Trinajstić information content (AvgIpc) is 2.77. The van der Waals surface area contributed by atoms with E-state index in [4.69, 9.17) is 26.8 Å². The van der Waals surface area contributed by atoms with Crippen molar-refractivity contribution in [2.75, 3.05) is 20.0 Å². The Bertz CT molecular complexity index is 665. The SMILES string of the molecule is COc1cc(Cl)c(-c2cnn(C)c2N)c(C(C)C)c1OC. The van der Waals surface area contributed by atoms with Crippen LogP contribution >= 0.6 is 11.6 Å². The number of nitrogen functional groups attached to an aromatic ring is 1. The molecule has 2 N–H and O–H groups in total. The quantitative estimate of drug-likeness (QED) is 0.939. The molecule has 5 nitrogen and oxygen atoms in total. The van der Waals surface area contributed by atoms with Crippen LogP contribution in [0.2, 0.25) is 5.02 Å². The van der Waals surface area contributed by atoms with E-state index in [9.17, 15) is 0 Å². The van der Waals surface area contributed by atoms with Crippen LogP contribution in [0.15, 0.2) is 12.3 Å². The van der Waals surface area contributed by atoms with Crippen molar-refractivity contribution < 1.29 is 9.47 Å². The molecular weight excluding hydrogens is 290 g/mol. The highest BCUT2D eigenvalue weighted by Gasteiger charge is 2.24.